The molecule has 0 amide bonds. The molecule has 0 aromatic carbocycles. The maximum atomic E-state index is 4.06. The second kappa shape index (κ2) is 7.14. The molecular formula is C15H24N4. The third-order valence-electron chi connectivity index (χ3n) is 3.16. The van der Waals surface area contributed by atoms with E-state index in [4.69, 9.17) is 0 Å². The van der Waals surface area contributed by atoms with E-state index in [1.54, 1.807) is 0 Å². The van der Waals surface area contributed by atoms with E-state index in [1.807, 2.05) is 18.7 Å². The molecule has 0 aliphatic rings. The van der Waals surface area contributed by atoms with Gasteiger partial charge in [0.25, 0.3) is 0 Å². The van der Waals surface area contributed by atoms with Gasteiger partial charge in [-0.05, 0) is 31.0 Å². The molecule has 0 spiro atoms. The predicted molar refractivity (Wildman–Crippen MR) is 77.8 cm³/mol. The lowest BCUT2D eigenvalue weighted by Crippen LogP contribution is -2.21. The summed E-state index contributed by atoms with van der Waals surface area (Å²) in [5, 5.41) is 3.50. The lowest BCUT2D eigenvalue weighted by atomic mass is 10.2. The van der Waals surface area contributed by atoms with Crippen molar-refractivity contribution >= 4 is 0 Å². The van der Waals surface area contributed by atoms with Gasteiger partial charge < -0.3 is 14.5 Å². The van der Waals surface area contributed by atoms with Gasteiger partial charge in [-0.2, -0.15) is 0 Å². The molecule has 0 bridgehead atoms. The number of aryl methyl sites for hydroxylation is 2. The van der Waals surface area contributed by atoms with E-state index in [0.717, 1.165) is 32.6 Å². The summed E-state index contributed by atoms with van der Waals surface area (Å²) in [7, 11) is 0. The lowest BCUT2D eigenvalue weighted by Gasteiger charge is -2.11. The highest BCUT2D eigenvalue weighted by Gasteiger charge is 2.01. The molecule has 2 heterocycles. The van der Waals surface area contributed by atoms with Gasteiger partial charge in [0.05, 0.1) is 6.33 Å². The van der Waals surface area contributed by atoms with Crippen molar-refractivity contribution in [2.45, 2.75) is 39.9 Å². The van der Waals surface area contributed by atoms with Gasteiger partial charge >= 0.3 is 0 Å². The maximum absolute atomic E-state index is 4.06. The average molecular weight is 260 g/mol. The van der Waals surface area contributed by atoms with Gasteiger partial charge in [-0.25, -0.2) is 4.98 Å². The second-order valence-corrected chi connectivity index (χ2v) is 5.37. The zero-order valence-electron chi connectivity index (χ0n) is 11.9. The Hall–Kier alpha value is -1.55. The average Bonchev–Trinajstić information content (AvgIpc) is 3.01. The molecule has 0 aliphatic heterocycles. The van der Waals surface area contributed by atoms with Gasteiger partial charge in [0, 0.05) is 43.9 Å². The molecule has 0 unspecified atom stereocenters. The standard InChI is InChI=1S/C15H24N4/c1-14(2)11-17-12-15-5-3-8-19(15)9-4-7-18-10-6-16-13-18/h3,5-6,8,10,13-14,17H,4,7,9,11-12H2,1-2H3. The summed E-state index contributed by atoms with van der Waals surface area (Å²) in [4.78, 5) is 4.06. The summed E-state index contributed by atoms with van der Waals surface area (Å²) in [5.41, 5.74) is 1.37. The van der Waals surface area contributed by atoms with Crippen LogP contribution in [0.15, 0.2) is 37.1 Å². The molecule has 0 aliphatic carbocycles. The van der Waals surface area contributed by atoms with Crippen molar-refractivity contribution in [1.82, 2.24) is 19.4 Å². The van der Waals surface area contributed by atoms with Crippen LogP contribution in [0.2, 0.25) is 0 Å². The van der Waals surface area contributed by atoms with Gasteiger partial charge in [-0.3, -0.25) is 0 Å². The molecule has 0 saturated carbocycles. The quantitative estimate of drug-likeness (QED) is 0.791. The largest absolute Gasteiger partial charge is 0.350 e. The van der Waals surface area contributed by atoms with Crippen molar-refractivity contribution in [3.63, 3.8) is 0 Å². The van der Waals surface area contributed by atoms with Crippen LogP contribution in [0.25, 0.3) is 0 Å². The Balaban J connectivity index is 1.75. The summed E-state index contributed by atoms with van der Waals surface area (Å²) in [5.74, 6) is 0.699. The molecule has 4 heteroatoms. The molecule has 19 heavy (non-hydrogen) atoms. The molecule has 0 fully saturated rings. The fourth-order valence-electron chi connectivity index (χ4n) is 2.16. The smallest absolute Gasteiger partial charge is 0.0945 e. The van der Waals surface area contributed by atoms with Crippen LogP contribution in [0, 0.1) is 5.92 Å². The number of nitrogens with one attached hydrogen (secondary N) is 1. The maximum Gasteiger partial charge on any atom is 0.0945 e. The van der Waals surface area contributed by atoms with Crippen molar-refractivity contribution in [3.05, 3.63) is 42.7 Å². The first kappa shape index (κ1) is 13.9. The van der Waals surface area contributed by atoms with Crippen molar-refractivity contribution in [1.29, 1.82) is 0 Å². The van der Waals surface area contributed by atoms with Crippen LogP contribution in [0.5, 0.6) is 0 Å². The molecule has 2 rings (SSSR count). The Morgan fingerprint density at radius 2 is 2.16 bits per heavy atom. The minimum atomic E-state index is 0.699. The fraction of sp³-hybridized carbons (Fsp3) is 0.533. The van der Waals surface area contributed by atoms with Gasteiger partial charge in [0.2, 0.25) is 0 Å². The molecule has 0 radical (unpaired) electrons. The number of rotatable bonds is 8. The van der Waals surface area contributed by atoms with Crippen molar-refractivity contribution in [3.8, 4) is 0 Å². The minimum absolute atomic E-state index is 0.699. The summed E-state index contributed by atoms with van der Waals surface area (Å²) < 4.78 is 4.46. The molecule has 2 aromatic heterocycles. The second-order valence-electron chi connectivity index (χ2n) is 5.37. The number of hydrogen-bond acceptors (Lipinski definition) is 2. The highest BCUT2D eigenvalue weighted by molar-refractivity contribution is 5.06. The fourth-order valence-corrected chi connectivity index (χ4v) is 2.16. The SMILES string of the molecule is CC(C)CNCc1cccn1CCCn1ccnc1. The van der Waals surface area contributed by atoms with E-state index in [1.165, 1.54) is 5.69 Å². The summed E-state index contributed by atoms with van der Waals surface area (Å²) in [6, 6.07) is 4.33. The van der Waals surface area contributed by atoms with E-state index in [-0.39, 0.29) is 0 Å². The van der Waals surface area contributed by atoms with Gasteiger partial charge in [-0.1, -0.05) is 13.8 Å². The Kier molecular flexibility index (Phi) is 5.21. The topological polar surface area (TPSA) is 34.8 Å². The predicted octanol–water partition coefficient (Wildman–Crippen LogP) is 2.52. The summed E-state index contributed by atoms with van der Waals surface area (Å²) in [6.45, 7) is 8.58. The van der Waals surface area contributed by atoms with Crippen LogP contribution in [0.4, 0.5) is 0 Å². The third-order valence-corrected chi connectivity index (χ3v) is 3.16. The summed E-state index contributed by atoms with van der Waals surface area (Å²) in [6.07, 6.45) is 9.01. The Bertz CT molecular complexity index is 456. The third kappa shape index (κ3) is 4.56. The minimum Gasteiger partial charge on any atom is -0.350 e. The molecule has 104 valence electrons. The Morgan fingerprint density at radius 1 is 1.26 bits per heavy atom. The number of aromatic nitrogens is 3. The zero-order valence-corrected chi connectivity index (χ0v) is 11.9. The van der Waals surface area contributed by atoms with E-state index in [0.29, 0.717) is 5.92 Å². The van der Waals surface area contributed by atoms with Gasteiger partial charge in [0.15, 0.2) is 0 Å². The van der Waals surface area contributed by atoms with E-state index < -0.39 is 0 Å². The van der Waals surface area contributed by atoms with Crippen LogP contribution >= 0.6 is 0 Å². The van der Waals surface area contributed by atoms with Crippen molar-refractivity contribution < 1.29 is 0 Å². The van der Waals surface area contributed by atoms with Crippen LogP contribution in [-0.2, 0) is 19.6 Å². The monoisotopic (exact) mass is 260 g/mol. The molecule has 4 nitrogen and oxygen atoms in total. The van der Waals surface area contributed by atoms with E-state index >= 15 is 0 Å². The van der Waals surface area contributed by atoms with Gasteiger partial charge in [0.1, 0.15) is 0 Å². The summed E-state index contributed by atoms with van der Waals surface area (Å²) >= 11 is 0. The molecule has 2 aromatic rings. The molecule has 1 N–H and O–H groups in total. The molecular weight excluding hydrogens is 236 g/mol. The number of imidazole rings is 1. The van der Waals surface area contributed by atoms with E-state index in [9.17, 15) is 0 Å². The highest BCUT2D eigenvalue weighted by Crippen LogP contribution is 2.05. The number of nitrogens with zero attached hydrogens (tertiary/aromatic N) is 3. The first-order chi connectivity index (χ1) is 9.25. The van der Waals surface area contributed by atoms with Crippen molar-refractivity contribution in [2.75, 3.05) is 6.54 Å². The Labute approximate surface area is 115 Å². The van der Waals surface area contributed by atoms with Gasteiger partial charge in [-0.15, -0.1) is 0 Å². The van der Waals surface area contributed by atoms with Crippen LogP contribution in [0.1, 0.15) is 26.0 Å². The van der Waals surface area contributed by atoms with Crippen LogP contribution in [0.3, 0.4) is 0 Å². The normalized spacial score (nSPS) is 11.3. The first-order valence-electron chi connectivity index (χ1n) is 7.06. The Morgan fingerprint density at radius 3 is 2.89 bits per heavy atom. The molecule has 0 atom stereocenters. The first-order valence-corrected chi connectivity index (χ1v) is 7.06. The van der Waals surface area contributed by atoms with Crippen molar-refractivity contribution in [2.24, 2.45) is 5.92 Å². The van der Waals surface area contributed by atoms with Crippen LogP contribution < -0.4 is 5.32 Å². The molecule has 0 saturated heterocycles. The lowest BCUT2D eigenvalue weighted by molar-refractivity contribution is 0.516. The highest BCUT2D eigenvalue weighted by atomic mass is 15.0. The number of hydrogen-bond donors (Lipinski definition) is 1. The van der Waals surface area contributed by atoms with E-state index in [2.05, 4.69) is 51.6 Å². The van der Waals surface area contributed by atoms with Crippen LogP contribution in [-0.4, -0.2) is 20.7 Å². The zero-order chi connectivity index (χ0) is 13.5.